The highest BCUT2D eigenvalue weighted by atomic mass is 32.2. The summed E-state index contributed by atoms with van der Waals surface area (Å²) in [6, 6.07) is 0. The lowest BCUT2D eigenvalue weighted by atomic mass is 10.3. The molecule has 1 aliphatic heterocycles. The van der Waals surface area contributed by atoms with Gasteiger partial charge in [0.05, 0.1) is 6.26 Å². The number of hydrogen-bond donors (Lipinski definition) is 0. The molecule has 0 aromatic heterocycles. The summed E-state index contributed by atoms with van der Waals surface area (Å²) in [5.41, 5.74) is 0. The van der Waals surface area contributed by atoms with E-state index in [1.807, 2.05) is 19.0 Å². The second kappa shape index (κ2) is 9.19. The minimum atomic E-state index is -3.31. The van der Waals surface area contributed by atoms with Gasteiger partial charge in [-0.3, -0.25) is 9.59 Å². The molecule has 1 heterocycles. The van der Waals surface area contributed by atoms with Crippen molar-refractivity contribution in [2.24, 2.45) is 0 Å². The minimum Gasteiger partial charge on any atom is -0.342 e. The topological polar surface area (TPSA) is 81.2 Å². The van der Waals surface area contributed by atoms with Gasteiger partial charge in [-0.25, -0.2) is 12.7 Å². The van der Waals surface area contributed by atoms with Crippen LogP contribution in [0.4, 0.5) is 0 Å². The van der Waals surface area contributed by atoms with Gasteiger partial charge < -0.3 is 14.7 Å². The summed E-state index contributed by atoms with van der Waals surface area (Å²) in [6.07, 6.45) is 2.87. The Morgan fingerprint density at radius 3 is 2.17 bits per heavy atom. The smallest absolute Gasteiger partial charge is 0.224 e. The average Bonchev–Trinajstić information content (AvgIpc) is 2.48. The first-order valence-corrected chi connectivity index (χ1v) is 9.66. The van der Waals surface area contributed by atoms with Gasteiger partial charge in [0.2, 0.25) is 22.3 Å². The van der Waals surface area contributed by atoms with Crippen molar-refractivity contribution >= 4 is 22.3 Å². The Kier molecular flexibility index (Phi) is 7.93. The van der Waals surface area contributed by atoms with E-state index in [0.717, 1.165) is 19.4 Å². The highest BCUT2D eigenvalue weighted by Crippen LogP contribution is 2.06. The Balaban J connectivity index is 2.44. The maximum atomic E-state index is 12.2. The third-order valence-corrected chi connectivity index (χ3v) is 5.18. The van der Waals surface area contributed by atoms with Crippen molar-refractivity contribution in [3.63, 3.8) is 0 Å². The van der Waals surface area contributed by atoms with E-state index in [9.17, 15) is 18.0 Å². The third kappa shape index (κ3) is 7.28. The number of nitrogens with zero attached hydrogens (tertiary/aromatic N) is 4. The van der Waals surface area contributed by atoms with E-state index < -0.39 is 10.0 Å². The normalized spacial score (nSPS) is 16.2. The van der Waals surface area contributed by atoms with Gasteiger partial charge in [0, 0.05) is 45.7 Å². The highest BCUT2D eigenvalue weighted by Gasteiger charge is 2.22. The molecule has 134 valence electrons. The molecule has 0 N–H and O–H groups in total. The van der Waals surface area contributed by atoms with E-state index in [0.29, 0.717) is 32.7 Å². The molecule has 0 saturated carbocycles. The van der Waals surface area contributed by atoms with Crippen LogP contribution in [0.15, 0.2) is 0 Å². The molecule has 23 heavy (non-hydrogen) atoms. The molecule has 1 aliphatic rings. The Labute approximate surface area is 139 Å². The Morgan fingerprint density at radius 2 is 1.70 bits per heavy atom. The van der Waals surface area contributed by atoms with E-state index in [4.69, 9.17) is 0 Å². The molecule has 0 aromatic rings. The molecule has 0 spiro atoms. The van der Waals surface area contributed by atoms with Gasteiger partial charge in [-0.15, -0.1) is 0 Å². The lowest BCUT2D eigenvalue weighted by Crippen LogP contribution is -2.48. The van der Waals surface area contributed by atoms with Crippen molar-refractivity contribution < 1.29 is 18.0 Å². The fourth-order valence-electron chi connectivity index (χ4n) is 2.46. The number of carbonyl (C=O) groups excluding carboxylic acids is 2. The van der Waals surface area contributed by atoms with Crippen LogP contribution in [0.3, 0.4) is 0 Å². The third-order valence-electron chi connectivity index (χ3n) is 3.87. The fourth-order valence-corrected chi connectivity index (χ4v) is 3.35. The van der Waals surface area contributed by atoms with Crippen LogP contribution in [0.1, 0.15) is 12.8 Å². The first-order valence-electron chi connectivity index (χ1n) is 7.81. The molecule has 8 nitrogen and oxygen atoms in total. The monoisotopic (exact) mass is 348 g/mol. The summed E-state index contributed by atoms with van der Waals surface area (Å²) in [4.78, 5) is 28.2. The number of carbonyl (C=O) groups is 2. The Morgan fingerprint density at radius 1 is 1.09 bits per heavy atom. The summed E-state index contributed by atoms with van der Waals surface area (Å²) < 4.78 is 25.0. The summed E-state index contributed by atoms with van der Waals surface area (Å²) >= 11 is 0. The second-order valence-electron chi connectivity index (χ2n) is 6.09. The second-order valence-corrected chi connectivity index (χ2v) is 8.07. The van der Waals surface area contributed by atoms with Crippen molar-refractivity contribution in [1.82, 2.24) is 19.0 Å². The van der Waals surface area contributed by atoms with E-state index in [1.165, 1.54) is 10.6 Å². The van der Waals surface area contributed by atoms with Crippen LogP contribution in [0, 0.1) is 0 Å². The highest BCUT2D eigenvalue weighted by molar-refractivity contribution is 7.88. The number of sulfonamides is 1. The lowest BCUT2D eigenvalue weighted by molar-refractivity contribution is -0.135. The van der Waals surface area contributed by atoms with Gasteiger partial charge in [-0.1, -0.05) is 0 Å². The van der Waals surface area contributed by atoms with E-state index in [1.54, 1.807) is 9.80 Å². The van der Waals surface area contributed by atoms with Gasteiger partial charge in [-0.2, -0.15) is 0 Å². The number of hydrogen-bond acceptors (Lipinski definition) is 5. The number of piperazine rings is 1. The summed E-state index contributed by atoms with van der Waals surface area (Å²) in [5.74, 6) is -0.0585. The molecule has 0 bridgehead atoms. The molecule has 2 amide bonds. The quantitative estimate of drug-likeness (QED) is 0.494. The van der Waals surface area contributed by atoms with Crippen LogP contribution in [0.2, 0.25) is 0 Å². The standard InChI is InChI=1S/C14H28N4O4S/c1-15(2)6-4-7-18(23(3,21)22)8-5-14(20)17-11-9-16(13-19)10-12-17/h13H,4-12H2,1-3H3. The maximum Gasteiger partial charge on any atom is 0.224 e. The lowest BCUT2D eigenvalue weighted by Gasteiger charge is -2.33. The summed E-state index contributed by atoms with van der Waals surface area (Å²) in [5, 5.41) is 0. The fraction of sp³-hybridized carbons (Fsp3) is 0.857. The van der Waals surface area contributed by atoms with E-state index in [2.05, 4.69) is 0 Å². The van der Waals surface area contributed by atoms with Gasteiger partial charge in [0.1, 0.15) is 0 Å². The zero-order valence-electron chi connectivity index (χ0n) is 14.3. The Bertz CT molecular complexity index is 487. The zero-order chi connectivity index (χ0) is 17.5. The predicted molar refractivity (Wildman–Crippen MR) is 88.4 cm³/mol. The first kappa shape index (κ1) is 19.9. The molecule has 1 rings (SSSR count). The minimum absolute atomic E-state index is 0.0585. The van der Waals surface area contributed by atoms with E-state index >= 15 is 0 Å². The predicted octanol–water partition coefficient (Wildman–Crippen LogP) is -1.11. The molecule has 1 fully saturated rings. The number of rotatable bonds is 9. The Hall–Kier alpha value is -1.19. The van der Waals surface area contributed by atoms with Crippen LogP contribution in [-0.2, 0) is 19.6 Å². The molecule has 9 heteroatoms. The van der Waals surface area contributed by atoms with Gasteiger partial charge in [-0.05, 0) is 27.1 Å². The molecule has 0 aliphatic carbocycles. The van der Waals surface area contributed by atoms with Crippen LogP contribution < -0.4 is 0 Å². The molecule has 0 atom stereocenters. The molecular weight excluding hydrogens is 320 g/mol. The molecule has 0 radical (unpaired) electrons. The van der Waals surface area contributed by atoms with E-state index in [-0.39, 0.29) is 18.9 Å². The summed E-state index contributed by atoms with van der Waals surface area (Å²) in [6.45, 7) is 3.52. The van der Waals surface area contributed by atoms with Crippen molar-refractivity contribution in [3.05, 3.63) is 0 Å². The van der Waals surface area contributed by atoms with Crippen molar-refractivity contribution in [3.8, 4) is 0 Å². The SMILES string of the molecule is CN(C)CCCN(CCC(=O)N1CCN(C=O)CC1)S(C)(=O)=O. The van der Waals surface area contributed by atoms with Crippen molar-refractivity contribution in [2.75, 3.05) is 66.2 Å². The van der Waals surface area contributed by atoms with Crippen LogP contribution in [-0.4, -0.2) is 106 Å². The van der Waals surface area contributed by atoms with Crippen molar-refractivity contribution in [1.29, 1.82) is 0 Å². The van der Waals surface area contributed by atoms with Crippen LogP contribution >= 0.6 is 0 Å². The zero-order valence-corrected chi connectivity index (χ0v) is 15.1. The molecule has 0 aromatic carbocycles. The molecular formula is C14H28N4O4S. The number of amides is 2. The first-order chi connectivity index (χ1) is 10.7. The largest absolute Gasteiger partial charge is 0.342 e. The van der Waals surface area contributed by atoms with Crippen LogP contribution in [0.5, 0.6) is 0 Å². The molecule has 0 unspecified atom stereocenters. The summed E-state index contributed by atoms with van der Waals surface area (Å²) in [7, 11) is 0.563. The molecule has 1 saturated heterocycles. The van der Waals surface area contributed by atoms with Gasteiger partial charge in [0.25, 0.3) is 0 Å². The van der Waals surface area contributed by atoms with Gasteiger partial charge >= 0.3 is 0 Å². The average molecular weight is 348 g/mol. The van der Waals surface area contributed by atoms with Crippen molar-refractivity contribution in [2.45, 2.75) is 12.8 Å². The van der Waals surface area contributed by atoms with Crippen LogP contribution in [0.25, 0.3) is 0 Å². The maximum absolute atomic E-state index is 12.2. The van der Waals surface area contributed by atoms with Gasteiger partial charge in [0.15, 0.2) is 0 Å².